The molecule has 2 aliphatic carbocycles. The van der Waals surface area contributed by atoms with Gasteiger partial charge in [0, 0.05) is 10.8 Å². The maximum atomic E-state index is 13.4. The number of nitrogens with two attached hydrogens (primary N) is 1. The Labute approximate surface area is 186 Å². The van der Waals surface area contributed by atoms with Gasteiger partial charge in [-0.2, -0.15) is 0 Å². The fourth-order valence-corrected chi connectivity index (χ4v) is 5.02. The Hall–Kier alpha value is -2.42. The predicted octanol–water partition coefficient (Wildman–Crippen LogP) is 2.05. The standard InChI is InChI=1S/C23H28N2O5S/c1-4-5-13-30-22(24)17-19(26)18(25(2)3)15-11-12-16(20(27)23(15,29)21(17)28)31-14-9-7-6-8-10-14/h6-10,12,15,18,29H,4-5,11,13,24H2,1-3H3/t15-,18-,23-/m0/s1. The molecule has 0 saturated heterocycles. The van der Waals surface area contributed by atoms with Crippen molar-refractivity contribution in [2.45, 2.75) is 42.7 Å². The summed E-state index contributed by atoms with van der Waals surface area (Å²) in [6, 6.07) is 8.35. The van der Waals surface area contributed by atoms with Crippen LogP contribution in [0.1, 0.15) is 26.2 Å². The van der Waals surface area contributed by atoms with Gasteiger partial charge in [0.1, 0.15) is 5.57 Å². The number of likely N-dealkylation sites (N-methyl/N-ethyl adjacent to an activating group) is 1. The largest absolute Gasteiger partial charge is 0.479 e. The monoisotopic (exact) mass is 444 g/mol. The van der Waals surface area contributed by atoms with Crippen molar-refractivity contribution in [2.75, 3.05) is 20.7 Å². The second-order valence-corrected chi connectivity index (χ2v) is 9.08. The van der Waals surface area contributed by atoms with E-state index in [1.165, 1.54) is 11.8 Å². The minimum atomic E-state index is -2.37. The Kier molecular flexibility index (Phi) is 7.03. The van der Waals surface area contributed by atoms with Crippen molar-refractivity contribution in [3.05, 3.63) is 52.8 Å². The topological polar surface area (TPSA) is 110 Å². The van der Waals surface area contributed by atoms with Gasteiger partial charge in [0.05, 0.1) is 17.6 Å². The van der Waals surface area contributed by atoms with Crippen LogP contribution in [0.5, 0.6) is 0 Å². The number of carbonyl (C=O) groups excluding carboxylic acids is 3. The number of rotatable bonds is 7. The first-order valence-electron chi connectivity index (χ1n) is 10.3. The number of Topliss-reactive ketones (excluding diaryl/α,β-unsaturated/α-hetero) is 3. The average Bonchev–Trinajstić information content (AvgIpc) is 2.73. The lowest BCUT2D eigenvalue weighted by Crippen LogP contribution is -2.67. The SMILES string of the molecule is CCCCOC(N)=C1C(=O)[C@@H](N(C)C)[C@@H]2CC=C(Sc3ccccc3)C(=O)[C@]2(O)C1=O. The molecule has 1 fully saturated rings. The highest BCUT2D eigenvalue weighted by Crippen LogP contribution is 2.45. The second-order valence-electron chi connectivity index (χ2n) is 7.96. The molecular weight excluding hydrogens is 416 g/mol. The summed E-state index contributed by atoms with van der Waals surface area (Å²) in [5.41, 5.74) is 3.18. The number of nitrogens with zero attached hydrogens (tertiary/aromatic N) is 1. The molecule has 0 unspecified atom stereocenters. The molecule has 0 bridgehead atoms. The van der Waals surface area contributed by atoms with E-state index in [0.29, 0.717) is 6.42 Å². The van der Waals surface area contributed by atoms with Gasteiger partial charge in [0.2, 0.25) is 11.6 Å². The van der Waals surface area contributed by atoms with E-state index in [1.54, 1.807) is 25.1 Å². The fraction of sp³-hybridized carbons (Fsp3) is 0.435. The highest BCUT2D eigenvalue weighted by atomic mass is 32.2. The van der Waals surface area contributed by atoms with Crippen molar-refractivity contribution in [2.24, 2.45) is 11.7 Å². The third-order valence-corrected chi connectivity index (χ3v) is 6.74. The highest BCUT2D eigenvalue weighted by Gasteiger charge is 2.63. The summed E-state index contributed by atoms with van der Waals surface area (Å²) in [5, 5.41) is 11.5. The molecule has 1 aromatic carbocycles. The van der Waals surface area contributed by atoms with Crippen LogP contribution in [0, 0.1) is 5.92 Å². The van der Waals surface area contributed by atoms with Gasteiger partial charge in [-0.15, -0.1) is 0 Å². The fourth-order valence-electron chi connectivity index (χ4n) is 4.05. The molecular formula is C23H28N2O5S. The smallest absolute Gasteiger partial charge is 0.211 e. The zero-order valence-corrected chi connectivity index (χ0v) is 18.8. The van der Waals surface area contributed by atoms with Crippen molar-refractivity contribution in [3.63, 3.8) is 0 Å². The first kappa shape index (κ1) is 23.2. The maximum Gasteiger partial charge on any atom is 0.211 e. The summed E-state index contributed by atoms with van der Waals surface area (Å²) in [4.78, 5) is 42.7. The molecule has 1 saturated carbocycles. The van der Waals surface area contributed by atoms with Crippen LogP contribution in [0.25, 0.3) is 0 Å². The van der Waals surface area contributed by atoms with Crippen molar-refractivity contribution in [1.82, 2.24) is 4.90 Å². The summed E-state index contributed by atoms with van der Waals surface area (Å²) in [5.74, 6) is -3.44. The van der Waals surface area contributed by atoms with Crippen LogP contribution >= 0.6 is 11.8 Å². The van der Waals surface area contributed by atoms with Crippen molar-refractivity contribution < 1.29 is 24.2 Å². The Balaban J connectivity index is 2.03. The summed E-state index contributed by atoms with van der Waals surface area (Å²) in [6.07, 6.45) is 3.45. The molecule has 0 aliphatic heterocycles. The summed E-state index contributed by atoms with van der Waals surface area (Å²) >= 11 is 1.19. The number of hydrogen-bond acceptors (Lipinski definition) is 8. The third-order valence-electron chi connectivity index (χ3n) is 5.66. The Morgan fingerprint density at radius 1 is 1.23 bits per heavy atom. The molecule has 0 aromatic heterocycles. The van der Waals surface area contributed by atoms with E-state index in [0.717, 1.165) is 11.3 Å². The van der Waals surface area contributed by atoms with E-state index in [4.69, 9.17) is 10.5 Å². The number of ether oxygens (including phenoxy) is 1. The zero-order valence-electron chi connectivity index (χ0n) is 18.0. The molecule has 0 amide bonds. The van der Waals surface area contributed by atoms with E-state index >= 15 is 0 Å². The normalized spacial score (nSPS) is 27.8. The van der Waals surface area contributed by atoms with Crippen LogP contribution in [0.15, 0.2) is 57.7 Å². The predicted molar refractivity (Wildman–Crippen MR) is 118 cm³/mol. The Morgan fingerprint density at radius 3 is 2.52 bits per heavy atom. The Bertz CT molecular complexity index is 941. The van der Waals surface area contributed by atoms with Crippen LogP contribution in [0.3, 0.4) is 0 Å². The number of fused-ring (bicyclic) bond motifs is 1. The zero-order chi connectivity index (χ0) is 22.8. The number of allylic oxidation sites excluding steroid dienone is 1. The van der Waals surface area contributed by atoms with Crippen LogP contribution in [-0.4, -0.2) is 59.7 Å². The summed E-state index contributed by atoms with van der Waals surface area (Å²) in [6.45, 7) is 2.21. The van der Waals surface area contributed by atoms with Crippen molar-refractivity contribution >= 4 is 29.1 Å². The van der Waals surface area contributed by atoms with Crippen LogP contribution < -0.4 is 5.73 Å². The number of aliphatic hydroxyl groups is 1. The molecule has 8 heteroatoms. The summed E-state index contributed by atoms with van der Waals surface area (Å²) < 4.78 is 5.43. The van der Waals surface area contributed by atoms with Gasteiger partial charge in [-0.05, 0) is 39.1 Å². The van der Waals surface area contributed by atoms with E-state index in [2.05, 4.69) is 0 Å². The molecule has 31 heavy (non-hydrogen) atoms. The van der Waals surface area contributed by atoms with Crippen molar-refractivity contribution in [1.29, 1.82) is 0 Å². The van der Waals surface area contributed by atoms with Gasteiger partial charge >= 0.3 is 0 Å². The number of hydrogen-bond donors (Lipinski definition) is 2. The first-order valence-corrected chi connectivity index (χ1v) is 11.1. The van der Waals surface area contributed by atoms with Gasteiger partial charge < -0.3 is 15.6 Å². The van der Waals surface area contributed by atoms with E-state index in [9.17, 15) is 19.5 Å². The number of carbonyl (C=O) groups is 3. The van der Waals surface area contributed by atoms with E-state index in [1.807, 2.05) is 37.3 Å². The summed E-state index contributed by atoms with van der Waals surface area (Å²) in [7, 11) is 3.35. The number of benzene rings is 1. The lowest BCUT2D eigenvalue weighted by atomic mass is 9.63. The minimum absolute atomic E-state index is 0.210. The van der Waals surface area contributed by atoms with Crippen molar-refractivity contribution in [3.8, 4) is 0 Å². The van der Waals surface area contributed by atoms with Crippen LogP contribution in [0.4, 0.5) is 0 Å². The van der Waals surface area contributed by atoms with Gasteiger partial charge in [-0.3, -0.25) is 19.3 Å². The molecule has 7 nitrogen and oxygen atoms in total. The van der Waals surface area contributed by atoms with Gasteiger partial charge in [0.15, 0.2) is 17.3 Å². The number of unbranched alkanes of at least 4 members (excludes halogenated alkanes) is 1. The molecule has 3 atom stereocenters. The van der Waals surface area contributed by atoms with Gasteiger partial charge in [-0.25, -0.2) is 0 Å². The third kappa shape index (κ3) is 4.20. The molecule has 3 N–H and O–H groups in total. The second kappa shape index (κ2) is 9.38. The number of thioether (sulfide) groups is 1. The molecule has 2 aliphatic rings. The average molecular weight is 445 g/mol. The van der Waals surface area contributed by atoms with E-state index in [-0.39, 0.29) is 23.8 Å². The van der Waals surface area contributed by atoms with Crippen LogP contribution in [-0.2, 0) is 19.1 Å². The Morgan fingerprint density at radius 2 is 1.90 bits per heavy atom. The van der Waals surface area contributed by atoms with E-state index < -0.39 is 40.5 Å². The molecule has 0 radical (unpaired) electrons. The lowest BCUT2D eigenvalue weighted by molar-refractivity contribution is -0.161. The maximum absolute atomic E-state index is 13.4. The molecule has 166 valence electrons. The lowest BCUT2D eigenvalue weighted by Gasteiger charge is -2.46. The molecule has 0 spiro atoms. The quantitative estimate of drug-likeness (QED) is 0.216. The van der Waals surface area contributed by atoms with Gasteiger partial charge in [-0.1, -0.05) is 49.4 Å². The molecule has 3 rings (SSSR count). The molecule has 1 aromatic rings. The highest BCUT2D eigenvalue weighted by molar-refractivity contribution is 8.04. The minimum Gasteiger partial charge on any atom is -0.479 e. The first-order chi connectivity index (χ1) is 14.7. The van der Waals surface area contributed by atoms with Gasteiger partial charge in [0.25, 0.3) is 0 Å². The number of ketones is 3. The van der Waals surface area contributed by atoms with Crippen LogP contribution in [0.2, 0.25) is 0 Å². The molecule has 0 heterocycles.